The summed E-state index contributed by atoms with van der Waals surface area (Å²) in [6.07, 6.45) is 3.38. The lowest BCUT2D eigenvalue weighted by Crippen LogP contribution is -1.80. The van der Waals surface area contributed by atoms with Crippen LogP contribution in [0.4, 0.5) is 0 Å². The third-order valence-corrected chi connectivity index (χ3v) is 2.33. The van der Waals surface area contributed by atoms with Crippen LogP contribution in [0.1, 0.15) is 0 Å². The van der Waals surface area contributed by atoms with Gasteiger partial charge >= 0.3 is 0 Å². The summed E-state index contributed by atoms with van der Waals surface area (Å²) in [5, 5.41) is 3.94. The molecular weight excluding hydrogens is 214 g/mol. The maximum Gasteiger partial charge on any atom is 0.258 e. The molecule has 0 fully saturated rings. The molecule has 0 amide bonds. The first-order valence-corrected chi connectivity index (χ1v) is 5.14. The van der Waals surface area contributed by atoms with Gasteiger partial charge in [0.15, 0.2) is 0 Å². The van der Waals surface area contributed by atoms with Gasteiger partial charge in [0.2, 0.25) is 5.82 Å². The predicted octanol–water partition coefficient (Wildman–Crippen LogP) is 2.60. The minimum Gasteiger partial charge on any atom is -0.334 e. The van der Waals surface area contributed by atoms with Crippen LogP contribution in [0.3, 0.4) is 0 Å². The largest absolute Gasteiger partial charge is 0.334 e. The van der Waals surface area contributed by atoms with E-state index in [4.69, 9.17) is 4.52 Å². The molecule has 2 heterocycles. The summed E-state index contributed by atoms with van der Waals surface area (Å²) in [7, 11) is 0. The van der Waals surface area contributed by atoms with Crippen LogP contribution in [0.15, 0.2) is 53.3 Å². The summed E-state index contributed by atoms with van der Waals surface area (Å²) in [6, 6.07) is 14.0. The SMILES string of the molecule is [c]1ccc(-c2noc(-c3ccncc3)n2)cc1. The molecule has 0 aliphatic heterocycles. The lowest BCUT2D eigenvalue weighted by atomic mass is 10.2. The average molecular weight is 222 g/mol. The zero-order valence-electron chi connectivity index (χ0n) is 8.87. The van der Waals surface area contributed by atoms with E-state index >= 15 is 0 Å². The third-order valence-electron chi connectivity index (χ3n) is 2.33. The molecule has 4 heteroatoms. The minimum absolute atomic E-state index is 0.496. The van der Waals surface area contributed by atoms with Crippen molar-refractivity contribution in [3.8, 4) is 22.8 Å². The van der Waals surface area contributed by atoms with Gasteiger partial charge in [-0.15, -0.1) is 0 Å². The van der Waals surface area contributed by atoms with Gasteiger partial charge in [0.25, 0.3) is 5.89 Å². The van der Waals surface area contributed by atoms with Gasteiger partial charge in [-0.05, 0) is 18.2 Å². The molecule has 1 aromatic carbocycles. The lowest BCUT2D eigenvalue weighted by molar-refractivity contribution is 0.432. The second-order valence-electron chi connectivity index (χ2n) is 3.45. The van der Waals surface area contributed by atoms with Crippen molar-refractivity contribution in [2.45, 2.75) is 0 Å². The van der Waals surface area contributed by atoms with Gasteiger partial charge in [0, 0.05) is 23.5 Å². The van der Waals surface area contributed by atoms with Crippen LogP contribution < -0.4 is 0 Å². The molecule has 0 spiro atoms. The Bertz CT molecular complexity index is 551. The number of benzene rings is 1. The average Bonchev–Trinajstić information content (AvgIpc) is 2.90. The zero-order valence-corrected chi connectivity index (χ0v) is 8.87. The van der Waals surface area contributed by atoms with Crippen LogP contribution in [-0.2, 0) is 0 Å². The first kappa shape index (κ1) is 9.72. The Hall–Kier alpha value is -2.49. The van der Waals surface area contributed by atoms with E-state index in [1.807, 2.05) is 36.4 Å². The predicted molar refractivity (Wildman–Crippen MR) is 61.8 cm³/mol. The summed E-state index contributed by atoms with van der Waals surface area (Å²) in [6.45, 7) is 0. The summed E-state index contributed by atoms with van der Waals surface area (Å²) in [5.41, 5.74) is 1.77. The van der Waals surface area contributed by atoms with Crippen molar-refractivity contribution in [3.63, 3.8) is 0 Å². The quantitative estimate of drug-likeness (QED) is 0.668. The highest BCUT2D eigenvalue weighted by Gasteiger charge is 2.09. The molecule has 3 rings (SSSR count). The molecular formula is C13H8N3O. The van der Waals surface area contributed by atoms with Crippen molar-refractivity contribution in [1.29, 1.82) is 0 Å². The molecule has 0 saturated heterocycles. The van der Waals surface area contributed by atoms with Gasteiger partial charge < -0.3 is 4.52 Å². The van der Waals surface area contributed by atoms with Crippen LogP contribution in [-0.4, -0.2) is 15.1 Å². The molecule has 0 bridgehead atoms. The van der Waals surface area contributed by atoms with Crippen LogP contribution >= 0.6 is 0 Å². The standard InChI is InChI=1S/C13H8N3O/c1-2-4-10(5-3-1)12-15-13(17-16-12)11-6-8-14-9-7-11/h2-9H. The van der Waals surface area contributed by atoms with Crippen LogP contribution in [0.2, 0.25) is 0 Å². The fourth-order valence-corrected chi connectivity index (χ4v) is 1.49. The molecule has 1 radical (unpaired) electrons. The first-order valence-electron chi connectivity index (χ1n) is 5.14. The van der Waals surface area contributed by atoms with Crippen molar-refractivity contribution < 1.29 is 4.52 Å². The van der Waals surface area contributed by atoms with E-state index in [-0.39, 0.29) is 0 Å². The Kier molecular flexibility index (Phi) is 2.38. The van der Waals surface area contributed by atoms with Crippen LogP contribution in [0, 0.1) is 6.07 Å². The van der Waals surface area contributed by atoms with Gasteiger partial charge in [0.1, 0.15) is 0 Å². The summed E-state index contributed by atoms with van der Waals surface area (Å²) >= 11 is 0. The fourth-order valence-electron chi connectivity index (χ4n) is 1.49. The van der Waals surface area contributed by atoms with Crippen LogP contribution in [0.5, 0.6) is 0 Å². The molecule has 0 unspecified atom stereocenters. The second kappa shape index (κ2) is 4.17. The van der Waals surface area contributed by atoms with Gasteiger partial charge in [-0.2, -0.15) is 4.98 Å². The van der Waals surface area contributed by atoms with Crippen molar-refractivity contribution in [2.75, 3.05) is 0 Å². The topological polar surface area (TPSA) is 51.8 Å². The van der Waals surface area contributed by atoms with Gasteiger partial charge in [0.05, 0.1) is 0 Å². The second-order valence-corrected chi connectivity index (χ2v) is 3.45. The zero-order chi connectivity index (χ0) is 11.5. The van der Waals surface area contributed by atoms with E-state index in [2.05, 4.69) is 21.2 Å². The van der Waals surface area contributed by atoms with Gasteiger partial charge in [-0.3, -0.25) is 4.98 Å². The molecule has 0 aliphatic rings. The maximum absolute atomic E-state index is 5.21. The molecule has 0 atom stereocenters. The Balaban J connectivity index is 1.99. The van der Waals surface area contributed by atoms with Crippen molar-refractivity contribution in [2.24, 2.45) is 0 Å². The molecule has 4 nitrogen and oxygen atoms in total. The Morgan fingerprint density at radius 1 is 0.941 bits per heavy atom. The van der Waals surface area contributed by atoms with E-state index in [1.165, 1.54) is 0 Å². The highest BCUT2D eigenvalue weighted by atomic mass is 16.5. The Morgan fingerprint density at radius 2 is 1.71 bits per heavy atom. The highest BCUT2D eigenvalue weighted by molar-refractivity contribution is 5.58. The number of hydrogen-bond acceptors (Lipinski definition) is 4. The molecule has 2 aromatic heterocycles. The fraction of sp³-hybridized carbons (Fsp3) is 0. The minimum atomic E-state index is 0.496. The monoisotopic (exact) mass is 222 g/mol. The number of pyridine rings is 1. The van der Waals surface area contributed by atoms with E-state index < -0.39 is 0 Å². The highest BCUT2D eigenvalue weighted by Crippen LogP contribution is 2.20. The first-order chi connectivity index (χ1) is 8.43. The van der Waals surface area contributed by atoms with E-state index in [0.717, 1.165) is 11.1 Å². The van der Waals surface area contributed by atoms with E-state index in [0.29, 0.717) is 11.7 Å². The molecule has 0 saturated carbocycles. The number of hydrogen-bond donors (Lipinski definition) is 0. The molecule has 0 N–H and O–H groups in total. The summed E-state index contributed by atoms with van der Waals surface area (Å²) in [4.78, 5) is 8.27. The number of nitrogens with zero attached hydrogens (tertiary/aromatic N) is 3. The molecule has 3 aromatic rings. The summed E-state index contributed by atoms with van der Waals surface area (Å²) in [5.74, 6) is 1.07. The third kappa shape index (κ3) is 1.92. The Morgan fingerprint density at radius 3 is 2.47 bits per heavy atom. The molecule has 17 heavy (non-hydrogen) atoms. The molecule has 0 aliphatic carbocycles. The van der Waals surface area contributed by atoms with Crippen molar-refractivity contribution >= 4 is 0 Å². The Labute approximate surface area is 98.0 Å². The van der Waals surface area contributed by atoms with E-state index in [9.17, 15) is 0 Å². The normalized spacial score (nSPS) is 10.4. The van der Waals surface area contributed by atoms with Gasteiger partial charge in [-0.25, -0.2) is 0 Å². The lowest BCUT2D eigenvalue weighted by Gasteiger charge is -1.91. The van der Waals surface area contributed by atoms with E-state index in [1.54, 1.807) is 12.4 Å². The number of rotatable bonds is 2. The molecule has 81 valence electrons. The van der Waals surface area contributed by atoms with Gasteiger partial charge in [-0.1, -0.05) is 29.4 Å². The summed E-state index contributed by atoms with van der Waals surface area (Å²) < 4.78 is 5.21. The maximum atomic E-state index is 5.21. The number of aromatic nitrogens is 3. The smallest absolute Gasteiger partial charge is 0.258 e. The van der Waals surface area contributed by atoms with Crippen LogP contribution in [0.25, 0.3) is 22.8 Å². The van der Waals surface area contributed by atoms with Crippen molar-refractivity contribution in [1.82, 2.24) is 15.1 Å². The van der Waals surface area contributed by atoms with Crippen molar-refractivity contribution in [3.05, 3.63) is 54.9 Å².